The van der Waals surface area contributed by atoms with Crippen LogP contribution in [0.15, 0.2) is 65.4 Å². The van der Waals surface area contributed by atoms with Crippen LogP contribution < -0.4 is 0 Å². The Bertz CT molecular complexity index is 740. The molecule has 0 aliphatic carbocycles. The van der Waals surface area contributed by atoms with Gasteiger partial charge in [0, 0.05) is 4.47 Å². The minimum absolute atomic E-state index is 0.617. The van der Waals surface area contributed by atoms with E-state index < -0.39 is 6.10 Å². The Kier molecular flexibility index (Phi) is 5.20. The summed E-state index contributed by atoms with van der Waals surface area (Å²) in [5.41, 5.74) is 2.36. The molecule has 3 rings (SSSR count). The molecular weight excluding hydrogens is 354 g/mol. The SMILES string of the molecule is OC(CCc1ccc(Br)cc1)c1nncn1Cc1ccccc1. The van der Waals surface area contributed by atoms with E-state index in [-0.39, 0.29) is 0 Å². The second-order valence-electron chi connectivity index (χ2n) is 5.48. The molecule has 0 bridgehead atoms. The van der Waals surface area contributed by atoms with Crippen LogP contribution in [0.4, 0.5) is 0 Å². The summed E-state index contributed by atoms with van der Waals surface area (Å²) in [6, 6.07) is 18.3. The van der Waals surface area contributed by atoms with Gasteiger partial charge in [0.05, 0.1) is 6.54 Å². The summed E-state index contributed by atoms with van der Waals surface area (Å²) < 4.78 is 2.96. The third kappa shape index (κ3) is 4.27. The zero-order valence-corrected chi connectivity index (χ0v) is 14.2. The number of aryl methyl sites for hydroxylation is 1. The Labute approximate surface area is 143 Å². The third-order valence-corrected chi connectivity index (χ3v) is 4.29. The molecule has 23 heavy (non-hydrogen) atoms. The molecule has 0 radical (unpaired) electrons. The van der Waals surface area contributed by atoms with Gasteiger partial charge in [0.2, 0.25) is 0 Å². The number of aliphatic hydroxyl groups is 1. The van der Waals surface area contributed by atoms with Gasteiger partial charge in [-0.25, -0.2) is 0 Å². The van der Waals surface area contributed by atoms with E-state index in [1.165, 1.54) is 5.56 Å². The summed E-state index contributed by atoms with van der Waals surface area (Å²) >= 11 is 3.43. The Hall–Kier alpha value is -1.98. The van der Waals surface area contributed by atoms with Crippen LogP contribution in [0.5, 0.6) is 0 Å². The van der Waals surface area contributed by atoms with Crippen molar-refractivity contribution in [2.75, 3.05) is 0 Å². The smallest absolute Gasteiger partial charge is 0.162 e. The molecule has 4 nitrogen and oxygen atoms in total. The van der Waals surface area contributed by atoms with Crippen molar-refractivity contribution in [2.45, 2.75) is 25.5 Å². The van der Waals surface area contributed by atoms with Crippen molar-refractivity contribution >= 4 is 15.9 Å². The molecule has 3 aromatic rings. The molecular formula is C18H18BrN3O. The van der Waals surface area contributed by atoms with E-state index in [1.807, 2.05) is 34.9 Å². The summed E-state index contributed by atoms with van der Waals surface area (Å²) in [7, 11) is 0. The average Bonchev–Trinajstić information content (AvgIpc) is 3.03. The van der Waals surface area contributed by atoms with E-state index in [1.54, 1.807) is 6.33 Å². The van der Waals surface area contributed by atoms with Crippen LogP contribution in [0.25, 0.3) is 0 Å². The van der Waals surface area contributed by atoms with Crippen LogP contribution in [-0.4, -0.2) is 19.9 Å². The predicted octanol–water partition coefficient (Wildman–Crippen LogP) is 3.76. The van der Waals surface area contributed by atoms with Crippen molar-refractivity contribution in [3.05, 3.63) is 82.3 Å². The fraction of sp³-hybridized carbons (Fsp3) is 0.222. The molecule has 1 atom stereocenters. The number of benzene rings is 2. The standard InChI is InChI=1S/C18H18BrN3O/c19-16-9-6-14(7-10-16)8-11-17(23)18-21-20-13-22(18)12-15-4-2-1-3-5-15/h1-7,9-10,13,17,23H,8,11-12H2. The molecule has 0 saturated heterocycles. The number of halogens is 1. The Balaban J connectivity index is 1.64. The highest BCUT2D eigenvalue weighted by Gasteiger charge is 2.15. The lowest BCUT2D eigenvalue weighted by atomic mass is 10.1. The van der Waals surface area contributed by atoms with Crippen molar-refractivity contribution < 1.29 is 5.11 Å². The first-order chi connectivity index (χ1) is 11.2. The second-order valence-corrected chi connectivity index (χ2v) is 6.40. The zero-order valence-electron chi connectivity index (χ0n) is 12.6. The number of rotatable bonds is 6. The van der Waals surface area contributed by atoms with Crippen molar-refractivity contribution in [2.24, 2.45) is 0 Å². The first-order valence-electron chi connectivity index (χ1n) is 7.56. The maximum atomic E-state index is 10.5. The van der Waals surface area contributed by atoms with Crippen LogP contribution in [-0.2, 0) is 13.0 Å². The van der Waals surface area contributed by atoms with Gasteiger partial charge in [-0.1, -0.05) is 58.4 Å². The highest BCUT2D eigenvalue weighted by atomic mass is 79.9. The van der Waals surface area contributed by atoms with E-state index >= 15 is 0 Å². The molecule has 0 spiro atoms. The van der Waals surface area contributed by atoms with Crippen LogP contribution >= 0.6 is 15.9 Å². The van der Waals surface area contributed by atoms with Crippen molar-refractivity contribution in [1.82, 2.24) is 14.8 Å². The molecule has 1 heterocycles. The van der Waals surface area contributed by atoms with Crippen LogP contribution in [0.3, 0.4) is 0 Å². The Morgan fingerprint density at radius 1 is 1.00 bits per heavy atom. The highest BCUT2D eigenvalue weighted by Crippen LogP contribution is 2.19. The summed E-state index contributed by atoms with van der Waals surface area (Å²) in [6.07, 6.45) is 2.47. The lowest BCUT2D eigenvalue weighted by molar-refractivity contribution is 0.153. The number of nitrogens with zero attached hydrogens (tertiary/aromatic N) is 3. The second kappa shape index (κ2) is 7.53. The summed E-state index contributed by atoms with van der Waals surface area (Å²) in [6.45, 7) is 0.665. The topological polar surface area (TPSA) is 50.9 Å². The van der Waals surface area contributed by atoms with E-state index in [0.29, 0.717) is 18.8 Å². The molecule has 0 saturated carbocycles. The van der Waals surface area contributed by atoms with E-state index in [0.717, 1.165) is 16.5 Å². The van der Waals surface area contributed by atoms with Crippen molar-refractivity contribution in [3.63, 3.8) is 0 Å². The molecule has 118 valence electrons. The van der Waals surface area contributed by atoms with Gasteiger partial charge in [-0.15, -0.1) is 10.2 Å². The molecule has 0 amide bonds. The maximum Gasteiger partial charge on any atom is 0.162 e. The summed E-state index contributed by atoms with van der Waals surface area (Å²) in [5.74, 6) is 0.617. The number of hydrogen-bond donors (Lipinski definition) is 1. The maximum absolute atomic E-state index is 10.5. The van der Waals surface area contributed by atoms with Crippen LogP contribution in [0.1, 0.15) is 29.5 Å². The van der Waals surface area contributed by atoms with Gasteiger partial charge in [0.25, 0.3) is 0 Å². The molecule has 1 N–H and O–H groups in total. The molecule has 0 aliphatic rings. The Morgan fingerprint density at radius 3 is 2.48 bits per heavy atom. The number of hydrogen-bond acceptors (Lipinski definition) is 3. The lowest BCUT2D eigenvalue weighted by Crippen LogP contribution is -2.10. The van der Waals surface area contributed by atoms with Crippen LogP contribution in [0, 0.1) is 0 Å². The third-order valence-electron chi connectivity index (χ3n) is 3.76. The van der Waals surface area contributed by atoms with Gasteiger partial charge in [-0.05, 0) is 36.1 Å². The van der Waals surface area contributed by atoms with Crippen molar-refractivity contribution in [1.29, 1.82) is 0 Å². The minimum Gasteiger partial charge on any atom is -0.385 e. The fourth-order valence-electron chi connectivity index (χ4n) is 2.51. The number of aliphatic hydroxyl groups excluding tert-OH is 1. The largest absolute Gasteiger partial charge is 0.385 e. The predicted molar refractivity (Wildman–Crippen MR) is 93.0 cm³/mol. The monoisotopic (exact) mass is 371 g/mol. The fourth-order valence-corrected chi connectivity index (χ4v) is 2.77. The molecule has 1 unspecified atom stereocenters. The lowest BCUT2D eigenvalue weighted by Gasteiger charge is -2.12. The molecule has 0 fully saturated rings. The van der Waals surface area contributed by atoms with E-state index in [2.05, 4.69) is 50.4 Å². The van der Waals surface area contributed by atoms with E-state index in [4.69, 9.17) is 0 Å². The number of aromatic nitrogens is 3. The zero-order chi connectivity index (χ0) is 16.1. The van der Waals surface area contributed by atoms with Gasteiger partial charge in [-0.3, -0.25) is 0 Å². The van der Waals surface area contributed by atoms with Gasteiger partial charge in [0.15, 0.2) is 5.82 Å². The highest BCUT2D eigenvalue weighted by molar-refractivity contribution is 9.10. The quantitative estimate of drug-likeness (QED) is 0.717. The Morgan fingerprint density at radius 2 is 1.74 bits per heavy atom. The van der Waals surface area contributed by atoms with Gasteiger partial charge < -0.3 is 9.67 Å². The average molecular weight is 372 g/mol. The van der Waals surface area contributed by atoms with Crippen molar-refractivity contribution in [3.8, 4) is 0 Å². The summed E-state index contributed by atoms with van der Waals surface area (Å²) in [4.78, 5) is 0. The van der Waals surface area contributed by atoms with Gasteiger partial charge in [0.1, 0.15) is 12.4 Å². The van der Waals surface area contributed by atoms with Crippen LogP contribution in [0.2, 0.25) is 0 Å². The molecule has 2 aromatic carbocycles. The minimum atomic E-state index is -0.621. The van der Waals surface area contributed by atoms with Gasteiger partial charge in [-0.2, -0.15) is 0 Å². The summed E-state index contributed by atoms with van der Waals surface area (Å²) in [5, 5.41) is 18.5. The molecule has 0 aliphatic heterocycles. The molecule has 1 aromatic heterocycles. The van der Waals surface area contributed by atoms with E-state index in [9.17, 15) is 5.11 Å². The first kappa shape index (κ1) is 15.9. The van der Waals surface area contributed by atoms with Gasteiger partial charge >= 0.3 is 0 Å². The first-order valence-corrected chi connectivity index (χ1v) is 8.36. The molecule has 5 heteroatoms. The normalized spacial score (nSPS) is 12.3.